The molecule has 1 fully saturated rings. The third-order valence-electron chi connectivity index (χ3n) is 3.92. The first-order chi connectivity index (χ1) is 11.6. The van der Waals surface area contributed by atoms with Gasteiger partial charge >= 0.3 is 6.03 Å². The summed E-state index contributed by atoms with van der Waals surface area (Å²) in [6.07, 6.45) is -0.248. The lowest BCUT2D eigenvalue weighted by atomic mass is 10.2. The van der Waals surface area contributed by atoms with Crippen molar-refractivity contribution in [1.29, 1.82) is 0 Å². The SMILES string of the molecule is CN1C(=O)[C@@H](CC(=O)NCCS(=O)(=O)c2ccc(F)cc2)N(C)C1=O. The molecule has 0 unspecified atom stereocenters. The number of hydrogen-bond donors (Lipinski definition) is 1. The van der Waals surface area contributed by atoms with Crippen molar-refractivity contribution in [2.75, 3.05) is 26.4 Å². The molecular weight excluding hydrogens is 353 g/mol. The van der Waals surface area contributed by atoms with Gasteiger partial charge in [0.05, 0.1) is 17.1 Å². The average molecular weight is 371 g/mol. The molecule has 1 atom stereocenters. The Balaban J connectivity index is 1.87. The first-order valence-electron chi connectivity index (χ1n) is 7.43. The molecule has 25 heavy (non-hydrogen) atoms. The van der Waals surface area contributed by atoms with Crippen LogP contribution in [-0.2, 0) is 19.4 Å². The van der Waals surface area contributed by atoms with E-state index in [1.54, 1.807) is 0 Å². The van der Waals surface area contributed by atoms with Crippen LogP contribution in [0.1, 0.15) is 6.42 Å². The molecule has 1 aromatic carbocycles. The van der Waals surface area contributed by atoms with E-state index >= 15 is 0 Å². The van der Waals surface area contributed by atoms with Crippen LogP contribution in [0.5, 0.6) is 0 Å². The number of nitrogens with zero attached hydrogens (tertiary/aromatic N) is 2. The van der Waals surface area contributed by atoms with Gasteiger partial charge in [-0.15, -0.1) is 0 Å². The molecule has 1 aliphatic rings. The monoisotopic (exact) mass is 371 g/mol. The molecule has 0 saturated carbocycles. The van der Waals surface area contributed by atoms with E-state index < -0.39 is 39.5 Å². The van der Waals surface area contributed by atoms with Crippen LogP contribution in [0.15, 0.2) is 29.2 Å². The lowest BCUT2D eigenvalue weighted by molar-refractivity contribution is -0.131. The number of urea groups is 1. The van der Waals surface area contributed by atoms with E-state index in [0.717, 1.165) is 34.1 Å². The third kappa shape index (κ3) is 4.13. The van der Waals surface area contributed by atoms with Gasteiger partial charge in [-0.3, -0.25) is 14.5 Å². The standard InChI is InChI=1S/C15H18FN3O5S/c1-18-12(14(21)19(2)15(18)22)9-13(20)17-7-8-25(23,24)11-5-3-10(16)4-6-11/h3-6,12H,7-9H2,1-2H3,(H,17,20)/t12-/m1/s1. The molecule has 0 radical (unpaired) electrons. The summed E-state index contributed by atoms with van der Waals surface area (Å²) < 4.78 is 37.0. The van der Waals surface area contributed by atoms with Crippen LogP contribution >= 0.6 is 0 Å². The summed E-state index contributed by atoms with van der Waals surface area (Å²) in [6.45, 7) is -0.160. The van der Waals surface area contributed by atoms with Crippen LogP contribution < -0.4 is 5.32 Å². The maximum atomic E-state index is 12.8. The van der Waals surface area contributed by atoms with Crippen LogP contribution in [0.2, 0.25) is 0 Å². The molecular formula is C15H18FN3O5S. The van der Waals surface area contributed by atoms with Gasteiger partial charge in [0.25, 0.3) is 5.91 Å². The molecule has 4 amide bonds. The van der Waals surface area contributed by atoms with Crippen molar-refractivity contribution < 1.29 is 27.2 Å². The Bertz CT molecular complexity index is 794. The number of benzene rings is 1. The van der Waals surface area contributed by atoms with Gasteiger partial charge in [-0.25, -0.2) is 17.6 Å². The fourth-order valence-electron chi connectivity index (χ4n) is 2.41. The minimum absolute atomic E-state index is 0.0407. The minimum atomic E-state index is -3.66. The molecule has 1 heterocycles. The number of amides is 4. The second-order valence-corrected chi connectivity index (χ2v) is 7.74. The van der Waals surface area contributed by atoms with Gasteiger partial charge in [0.15, 0.2) is 9.84 Å². The number of hydrogen-bond acceptors (Lipinski definition) is 5. The molecule has 136 valence electrons. The fourth-order valence-corrected chi connectivity index (χ4v) is 3.57. The van der Waals surface area contributed by atoms with Crippen molar-refractivity contribution in [3.05, 3.63) is 30.1 Å². The number of sulfone groups is 1. The molecule has 0 bridgehead atoms. The van der Waals surface area contributed by atoms with Crippen molar-refractivity contribution in [3.63, 3.8) is 0 Å². The van der Waals surface area contributed by atoms with Crippen LogP contribution in [0.3, 0.4) is 0 Å². The van der Waals surface area contributed by atoms with Gasteiger partial charge < -0.3 is 10.2 Å². The second kappa shape index (κ2) is 7.18. The zero-order valence-electron chi connectivity index (χ0n) is 13.7. The first kappa shape index (κ1) is 18.8. The summed E-state index contributed by atoms with van der Waals surface area (Å²) in [6, 6.07) is 2.99. The molecule has 0 spiro atoms. The number of imide groups is 1. The summed E-state index contributed by atoms with van der Waals surface area (Å²) in [4.78, 5) is 37.4. The van der Waals surface area contributed by atoms with Crippen molar-refractivity contribution in [3.8, 4) is 0 Å². The van der Waals surface area contributed by atoms with Gasteiger partial charge in [-0.05, 0) is 24.3 Å². The van der Waals surface area contributed by atoms with E-state index in [9.17, 15) is 27.2 Å². The van der Waals surface area contributed by atoms with Crippen molar-refractivity contribution in [2.45, 2.75) is 17.4 Å². The topological polar surface area (TPSA) is 104 Å². The van der Waals surface area contributed by atoms with Gasteiger partial charge in [-0.2, -0.15) is 0 Å². The summed E-state index contributed by atoms with van der Waals surface area (Å²) in [5.74, 6) is -1.93. The van der Waals surface area contributed by atoms with Crippen molar-refractivity contribution in [1.82, 2.24) is 15.1 Å². The summed E-state index contributed by atoms with van der Waals surface area (Å²) in [5, 5.41) is 2.42. The molecule has 8 nitrogen and oxygen atoms in total. The molecule has 1 aliphatic heterocycles. The van der Waals surface area contributed by atoms with E-state index in [4.69, 9.17) is 0 Å². The lowest BCUT2D eigenvalue weighted by Gasteiger charge is -2.15. The van der Waals surface area contributed by atoms with Crippen LogP contribution in [-0.4, -0.2) is 68.5 Å². The van der Waals surface area contributed by atoms with Crippen LogP contribution in [0, 0.1) is 5.82 Å². The highest BCUT2D eigenvalue weighted by Gasteiger charge is 2.41. The number of carbonyl (C=O) groups excluding carboxylic acids is 3. The lowest BCUT2D eigenvalue weighted by Crippen LogP contribution is -2.38. The highest BCUT2D eigenvalue weighted by atomic mass is 32.2. The van der Waals surface area contributed by atoms with Gasteiger partial charge in [0, 0.05) is 20.6 Å². The summed E-state index contributed by atoms with van der Waals surface area (Å²) >= 11 is 0. The Morgan fingerprint density at radius 2 is 1.80 bits per heavy atom. The molecule has 0 aromatic heterocycles. The zero-order chi connectivity index (χ0) is 18.8. The van der Waals surface area contributed by atoms with E-state index in [0.29, 0.717) is 0 Å². The van der Waals surface area contributed by atoms with Gasteiger partial charge in [0.1, 0.15) is 11.9 Å². The quantitative estimate of drug-likeness (QED) is 0.560. The largest absolute Gasteiger partial charge is 0.355 e. The van der Waals surface area contributed by atoms with Crippen molar-refractivity contribution >= 4 is 27.7 Å². The summed E-state index contributed by atoms with van der Waals surface area (Å²) in [5.41, 5.74) is 0. The van der Waals surface area contributed by atoms with Crippen LogP contribution in [0.25, 0.3) is 0 Å². The number of rotatable bonds is 6. The Hall–Kier alpha value is -2.49. The van der Waals surface area contributed by atoms with Gasteiger partial charge in [0.2, 0.25) is 5.91 Å². The Labute approximate surface area is 144 Å². The highest BCUT2D eigenvalue weighted by Crippen LogP contribution is 2.16. The van der Waals surface area contributed by atoms with Crippen molar-refractivity contribution in [2.24, 2.45) is 0 Å². The fraction of sp³-hybridized carbons (Fsp3) is 0.400. The van der Waals surface area contributed by atoms with Crippen LogP contribution in [0.4, 0.5) is 9.18 Å². The predicted octanol–water partition coefficient (Wildman–Crippen LogP) is -0.00190. The summed E-state index contributed by atoms with van der Waals surface area (Å²) in [7, 11) is -0.915. The number of halogens is 1. The first-order valence-corrected chi connectivity index (χ1v) is 9.08. The zero-order valence-corrected chi connectivity index (χ0v) is 14.5. The molecule has 1 N–H and O–H groups in total. The Kier molecular flexibility index (Phi) is 5.41. The molecule has 10 heteroatoms. The van der Waals surface area contributed by atoms with E-state index in [1.165, 1.54) is 14.1 Å². The third-order valence-corrected chi connectivity index (χ3v) is 5.65. The van der Waals surface area contributed by atoms with E-state index in [2.05, 4.69) is 5.32 Å². The molecule has 1 saturated heterocycles. The second-order valence-electron chi connectivity index (χ2n) is 5.63. The number of carbonyl (C=O) groups is 3. The Morgan fingerprint density at radius 3 is 2.32 bits per heavy atom. The highest BCUT2D eigenvalue weighted by molar-refractivity contribution is 7.91. The minimum Gasteiger partial charge on any atom is -0.355 e. The number of nitrogens with one attached hydrogen (secondary N) is 1. The molecule has 2 rings (SSSR count). The average Bonchev–Trinajstić information content (AvgIpc) is 2.73. The predicted molar refractivity (Wildman–Crippen MR) is 85.8 cm³/mol. The number of likely N-dealkylation sites (N-methyl/N-ethyl adjacent to an activating group) is 2. The Morgan fingerprint density at radius 1 is 1.20 bits per heavy atom. The maximum absolute atomic E-state index is 12.8. The van der Waals surface area contributed by atoms with E-state index in [-0.39, 0.29) is 23.6 Å². The normalized spacial score (nSPS) is 18.0. The van der Waals surface area contributed by atoms with E-state index in [1.807, 2.05) is 0 Å². The smallest absolute Gasteiger partial charge is 0.326 e. The van der Waals surface area contributed by atoms with Gasteiger partial charge in [-0.1, -0.05) is 0 Å². The molecule has 0 aliphatic carbocycles. The molecule has 1 aromatic rings. The maximum Gasteiger partial charge on any atom is 0.326 e.